The number of fused-ring (bicyclic) bond motifs is 1. The van der Waals surface area contributed by atoms with Crippen LogP contribution in [0.3, 0.4) is 0 Å². The van der Waals surface area contributed by atoms with E-state index in [1.54, 1.807) is 26.0 Å². The van der Waals surface area contributed by atoms with Gasteiger partial charge in [0.25, 0.3) is 0 Å². The first-order valence-corrected chi connectivity index (χ1v) is 13.1. The van der Waals surface area contributed by atoms with Crippen molar-refractivity contribution in [3.8, 4) is 16.9 Å². The summed E-state index contributed by atoms with van der Waals surface area (Å²) in [7, 11) is -2.66. The maximum atomic E-state index is 12.8. The number of H-pyrrole nitrogens is 1. The number of carbonyl (C=O) groups is 1. The predicted molar refractivity (Wildman–Crippen MR) is 138 cm³/mol. The van der Waals surface area contributed by atoms with Crippen LogP contribution in [0, 0.1) is 5.92 Å². The molecule has 4 aromatic rings. The Morgan fingerprint density at radius 2 is 1.53 bits per heavy atom. The van der Waals surface area contributed by atoms with Gasteiger partial charge in [0.1, 0.15) is 17.6 Å². The fraction of sp³-hybridized carbons (Fsp3) is 0.259. The van der Waals surface area contributed by atoms with Gasteiger partial charge in [0.05, 0.1) is 23.0 Å². The van der Waals surface area contributed by atoms with Gasteiger partial charge in [0.2, 0.25) is 10.0 Å². The van der Waals surface area contributed by atoms with Crippen LogP contribution in [-0.4, -0.2) is 37.5 Å². The van der Waals surface area contributed by atoms with Crippen LogP contribution in [0.15, 0.2) is 77.7 Å². The number of esters is 1. The van der Waals surface area contributed by atoms with Crippen LogP contribution in [0.5, 0.6) is 5.75 Å². The third-order valence-electron chi connectivity index (χ3n) is 5.86. The second-order valence-corrected chi connectivity index (χ2v) is 10.5. The molecule has 0 spiro atoms. The van der Waals surface area contributed by atoms with Crippen molar-refractivity contribution < 1.29 is 22.7 Å². The molecule has 2 atom stereocenters. The van der Waals surface area contributed by atoms with E-state index in [9.17, 15) is 13.2 Å². The van der Waals surface area contributed by atoms with Gasteiger partial charge < -0.3 is 14.5 Å². The number of aromatic amines is 1. The highest BCUT2D eigenvalue weighted by Crippen LogP contribution is 2.27. The van der Waals surface area contributed by atoms with Gasteiger partial charge >= 0.3 is 5.97 Å². The van der Waals surface area contributed by atoms with Gasteiger partial charge in [0.15, 0.2) is 6.10 Å². The van der Waals surface area contributed by atoms with Crippen molar-refractivity contribution in [3.05, 3.63) is 78.6 Å². The Morgan fingerprint density at radius 3 is 2.11 bits per heavy atom. The molecule has 0 saturated heterocycles. The van der Waals surface area contributed by atoms with Crippen LogP contribution in [0.25, 0.3) is 22.2 Å². The lowest BCUT2D eigenvalue weighted by Gasteiger charge is -2.19. The minimum Gasteiger partial charge on any atom is -0.483 e. The largest absolute Gasteiger partial charge is 0.483 e. The highest BCUT2D eigenvalue weighted by molar-refractivity contribution is 7.89. The van der Waals surface area contributed by atoms with Crippen LogP contribution in [0.4, 0.5) is 0 Å². The summed E-state index contributed by atoms with van der Waals surface area (Å²) in [4.78, 5) is 19.9. The molecule has 36 heavy (non-hydrogen) atoms. The molecule has 0 aliphatic rings. The molecule has 3 aromatic carbocycles. The second-order valence-electron chi connectivity index (χ2n) is 8.81. The van der Waals surface area contributed by atoms with Crippen LogP contribution >= 0.6 is 0 Å². The first kappa shape index (κ1) is 25.4. The summed E-state index contributed by atoms with van der Waals surface area (Å²) in [6, 6.07) is 20.9. The smallest absolute Gasteiger partial charge is 0.324 e. The highest BCUT2D eigenvalue weighted by atomic mass is 32.2. The van der Waals surface area contributed by atoms with Crippen LogP contribution in [0.2, 0.25) is 0 Å². The molecule has 0 aliphatic carbocycles. The standard InChI is InChI=1S/C27H29N3O5S/c1-17(2)25(27(31)34-4)30-36(32,33)22-15-11-20(12-16-22)19-9-13-21(14-10-19)35-18(3)26-28-23-7-5-6-8-24(23)29-26/h5-18,25,30H,1-4H3,(H,28,29). The van der Waals surface area contributed by atoms with Crippen LogP contribution in [-0.2, 0) is 19.6 Å². The third kappa shape index (κ3) is 5.58. The molecule has 4 rings (SSSR count). The zero-order chi connectivity index (χ0) is 25.9. The van der Waals surface area contributed by atoms with Crippen molar-refractivity contribution in [1.82, 2.24) is 14.7 Å². The summed E-state index contributed by atoms with van der Waals surface area (Å²) in [5.41, 5.74) is 3.61. The maximum absolute atomic E-state index is 12.8. The van der Waals surface area contributed by atoms with E-state index >= 15 is 0 Å². The number of methoxy groups -OCH3 is 1. The lowest BCUT2D eigenvalue weighted by Crippen LogP contribution is -2.44. The molecule has 0 saturated carbocycles. The lowest BCUT2D eigenvalue weighted by atomic mass is 10.1. The fourth-order valence-electron chi connectivity index (χ4n) is 3.80. The number of ether oxygens (including phenoxy) is 2. The van der Waals surface area contributed by atoms with Gasteiger partial charge in [0, 0.05) is 0 Å². The zero-order valence-corrected chi connectivity index (χ0v) is 21.4. The minimum atomic E-state index is -3.89. The summed E-state index contributed by atoms with van der Waals surface area (Å²) >= 11 is 0. The topological polar surface area (TPSA) is 110 Å². The molecule has 0 fully saturated rings. The molecule has 0 bridgehead atoms. The van der Waals surface area contributed by atoms with Crippen LogP contribution in [0.1, 0.15) is 32.7 Å². The molecule has 9 heteroatoms. The second kappa shape index (κ2) is 10.5. The molecule has 8 nitrogen and oxygen atoms in total. The monoisotopic (exact) mass is 507 g/mol. The van der Waals surface area contributed by atoms with E-state index in [4.69, 9.17) is 9.47 Å². The molecule has 0 amide bonds. The predicted octanol–water partition coefficient (Wildman–Crippen LogP) is 4.85. The molecule has 0 aliphatic heterocycles. The Bertz CT molecular complexity index is 1410. The van der Waals surface area contributed by atoms with E-state index in [-0.39, 0.29) is 16.9 Å². The number of benzene rings is 3. The van der Waals surface area contributed by atoms with Gasteiger partial charge in [-0.2, -0.15) is 4.72 Å². The van der Waals surface area contributed by atoms with E-state index in [2.05, 4.69) is 14.7 Å². The molecule has 0 radical (unpaired) electrons. The van der Waals surface area contributed by atoms with Gasteiger partial charge in [-0.1, -0.05) is 50.2 Å². The molecule has 2 unspecified atom stereocenters. The van der Waals surface area contributed by atoms with Crippen molar-refractivity contribution in [2.24, 2.45) is 5.92 Å². The van der Waals surface area contributed by atoms with E-state index in [1.165, 1.54) is 19.2 Å². The van der Waals surface area contributed by atoms with E-state index < -0.39 is 22.0 Å². The first-order valence-electron chi connectivity index (χ1n) is 11.6. The molecule has 2 N–H and O–H groups in total. The van der Waals surface area contributed by atoms with Gasteiger partial charge in [-0.15, -0.1) is 0 Å². The summed E-state index contributed by atoms with van der Waals surface area (Å²) in [5, 5.41) is 0. The van der Waals surface area contributed by atoms with E-state index in [1.807, 2.05) is 55.5 Å². The number of imidazole rings is 1. The van der Waals surface area contributed by atoms with Crippen LogP contribution < -0.4 is 9.46 Å². The number of nitrogens with zero attached hydrogens (tertiary/aromatic N) is 1. The average molecular weight is 508 g/mol. The van der Waals surface area contributed by atoms with Gasteiger partial charge in [-0.05, 0) is 60.4 Å². The zero-order valence-electron chi connectivity index (χ0n) is 20.6. The van der Waals surface area contributed by atoms with Crippen molar-refractivity contribution in [2.75, 3.05) is 7.11 Å². The number of rotatable bonds is 9. The Labute approximate surface area is 210 Å². The van der Waals surface area contributed by atoms with Gasteiger partial charge in [-0.25, -0.2) is 13.4 Å². The van der Waals surface area contributed by atoms with E-state index in [0.29, 0.717) is 5.75 Å². The Balaban J connectivity index is 1.44. The number of nitrogens with one attached hydrogen (secondary N) is 2. The van der Waals surface area contributed by atoms with Crippen molar-refractivity contribution in [1.29, 1.82) is 0 Å². The SMILES string of the molecule is COC(=O)C(NS(=O)(=O)c1ccc(-c2ccc(OC(C)c3nc4ccccc4[nH]3)cc2)cc1)C(C)C. The number of hydrogen-bond donors (Lipinski definition) is 2. The molecule has 188 valence electrons. The number of carbonyl (C=O) groups excluding carboxylic acids is 1. The van der Waals surface area contributed by atoms with Crippen molar-refractivity contribution >= 4 is 27.0 Å². The Kier molecular flexibility index (Phi) is 7.42. The number of hydrogen-bond acceptors (Lipinski definition) is 6. The summed E-state index contributed by atoms with van der Waals surface area (Å²) in [6.45, 7) is 5.43. The van der Waals surface area contributed by atoms with Crippen molar-refractivity contribution in [3.63, 3.8) is 0 Å². The molecular formula is C27H29N3O5S. The minimum absolute atomic E-state index is 0.0698. The molecular weight excluding hydrogens is 478 g/mol. The fourth-order valence-corrected chi connectivity index (χ4v) is 5.13. The normalized spacial score (nSPS) is 13.5. The van der Waals surface area contributed by atoms with Gasteiger partial charge in [-0.3, -0.25) is 4.79 Å². The Morgan fingerprint density at radius 1 is 0.917 bits per heavy atom. The number of aromatic nitrogens is 2. The summed E-state index contributed by atoms with van der Waals surface area (Å²) in [5.74, 6) is 0.555. The van der Waals surface area contributed by atoms with E-state index in [0.717, 1.165) is 28.0 Å². The molecule has 1 aromatic heterocycles. The quantitative estimate of drug-likeness (QED) is 0.314. The van der Waals surface area contributed by atoms with Crippen molar-refractivity contribution in [2.45, 2.75) is 37.8 Å². The summed E-state index contributed by atoms with van der Waals surface area (Å²) < 4.78 is 38.8. The number of sulfonamides is 1. The third-order valence-corrected chi connectivity index (χ3v) is 7.32. The lowest BCUT2D eigenvalue weighted by molar-refractivity contribution is -0.143. The average Bonchev–Trinajstić information content (AvgIpc) is 3.32. The Hall–Kier alpha value is -3.69. The maximum Gasteiger partial charge on any atom is 0.324 e. The summed E-state index contributed by atoms with van der Waals surface area (Å²) in [6.07, 6.45) is -0.264. The number of para-hydroxylation sites is 2. The molecule has 1 heterocycles. The highest BCUT2D eigenvalue weighted by Gasteiger charge is 2.29. The first-order chi connectivity index (χ1) is 17.2.